The first-order valence-corrected chi connectivity index (χ1v) is 9.53. The lowest BCUT2D eigenvalue weighted by Gasteiger charge is -2.09. The van der Waals surface area contributed by atoms with Crippen LogP contribution in [0.5, 0.6) is 5.75 Å². The molecule has 0 atom stereocenters. The summed E-state index contributed by atoms with van der Waals surface area (Å²) in [5, 5.41) is 10.9. The van der Waals surface area contributed by atoms with E-state index in [2.05, 4.69) is 16.9 Å². The average molecular weight is 394 g/mol. The molecule has 0 spiro atoms. The average Bonchev–Trinajstić information content (AvgIpc) is 3.23. The molecule has 2 aromatic heterocycles. The van der Waals surface area contributed by atoms with Gasteiger partial charge < -0.3 is 10.5 Å². The quantitative estimate of drug-likeness (QED) is 0.461. The van der Waals surface area contributed by atoms with Gasteiger partial charge in [-0.1, -0.05) is 6.92 Å². The number of thiazole rings is 2. The lowest BCUT2D eigenvalue weighted by Crippen LogP contribution is -2.16. The van der Waals surface area contributed by atoms with E-state index in [0.29, 0.717) is 5.01 Å². The molecule has 0 fully saturated rings. The van der Waals surface area contributed by atoms with E-state index in [4.69, 9.17) is 15.9 Å². The van der Waals surface area contributed by atoms with Gasteiger partial charge in [0.2, 0.25) is 0 Å². The minimum Gasteiger partial charge on any atom is -0.483 e. The monoisotopic (exact) mass is 394 g/mol. The third-order valence-electron chi connectivity index (χ3n) is 3.50. The highest BCUT2D eigenvalue weighted by molar-refractivity contribution is 7.15. The number of nitrogen functional groups attached to an aromatic ring is 1. The van der Waals surface area contributed by atoms with Crippen molar-refractivity contribution < 1.29 is 13.5 Å². The topological polar surface area (TPSA) is 84.9 Å². The molecule has 0 radical (unpaired) electrons. The Morgan fingerprint density at radius 3 is 2.85 bits per heavy atom. The largest absolute Gasteiger partial charge is 0.483 e. The molecule has 0 unspecified atom stereocenters. The van der Waals surface area contributed by atoms with Crippen LogP contribution in [0.4, 0.5) is 8.78 Å². The lowest BCUT2D eigenvalue weighted by molar-refractivity contribution is 0.288. The number of rotatable bonds is 7. The summed E-state index contributed by atoms with van der Waals surface area (Å²) in [7, 11) is 0. The van der Waals surface area contributed by atoms with Crippen LogP contribution in [-0.4, -0.2) is 15.8 Å². The van der Waals surface area contributed by atoms with Gasteiger partial charge in [0, 0.05) is 11.6 Å². The number of ether oxygens (including phenoxy) is 1. The Balaban J connectivity index is 1.72. The molecule has 0 bridgehead atoms. The van der Waals surface area contributed by atoms with Crippen LogP contribution < -0.4 is 10.5 Å². The number of aromatic nitrogens is 2. The Hall–Kier alpha value is -2.39. The summed E-state index contributed by atoms with van der Waals surface area (Å²) in [4.78, 5) is 9.82. The van der Waals surface area contributed by atoms with Crippen LogP contribution in [0, 0.1) is 17.0 Å². The van der Waals surface area contributed by atoms with Gasteiger partial charge in [0.25, 0.3) is 0 Å². The highest BCUT2D eigenvalue weighted by atomic mass is 32.1. The highest BCUT2D eigenvalue weighted by Gasteiger charge is 2.17. The standard InChI is InChI=1S/C17H16F2N4OS2/c1-2-3-13-22-6-12(26-13)10-8-25-14(23-10)7-24-11-5-4-9(18)15(16(11)19)17(20)21/h4-6,8H,2-3,7H2,1H3,(H3,20,21). The maximum Gasteiger partial charge on any atom is 0.178 e. The normalized spacial score (nSPS) is 10.9. The summed E-state index contributed by atoms with van der Waals surface area (Å²) < 4.78 is 33.2. The molecule has 3 aromatic rings. The Morgan fingerprint density at radius 1 is 1.31 bits per heavy atom. The summed E-state index contributed by atoms with van der Waals surface area (Å²) >= 11 is 2.99. The maximum absolute atomic E-state index is 14.2. The highest BCUT2D eigenvalue weighted by Crippen LogP contribution is 2.29. The zero-order valence-corrected chi connectivity index (χ0v) is 15.5. The number of hydrogen-bond acceptors (Lipinski definition) is 6. The number of nitrogens with zero attached hydrogens (tertiary/aromatic N) is 2. The van der Waals surface area contributed by atoms with E-state index in [0.717, 1.165) is 34.5 Å². The second-order valence-electron chi connectivity index (χ2n) is 5.43. The molecule has 0 aliphatic rings. The second kappa shape index (κ2) is 7.88. The smallest absolute Gasteiger partial charge is 0.178 e. The van der Waals surface area contributed by atoms with Crippen molar-refractivity contribution in [3.8, 4) is 16.3 Å². The number of aryl methyl sites for hydroxylation is 1. The first-order chi connectivity index (χ1) is 12.5. The number of nitrogens with one attached hydrogen (secondary N) is 1. The molecule has 2 heterocycles. The Morgan fingerprint density at radius 2 is 2.12 bits per heavy atom. The van der Waals surface area contributed by atoms with E-state index < -0.39 is 23.0 Å². The molecular formula is C17H16F2N4OS2. The number of benzene rings is 1. The Kier molecular flexibility index (Phi) is 5.58. The van der Waals surface area contributed by atoms with E-state index in [1.165, 1.54) is 17.4 Å². The minimum absolute atomic E-state index is 0.0329. The predicted octanol–water partition coefficient (Wildman–Crippen LogP) is 4.36. The van der Waals surface area contributed by atoms with Crippen molar-refractivity contribution in [1.82, 2.24) is 9.97 Å². The van der Waals surface area contributed by atoms with Gasteiger partial charge in [0.1, 0.15) is 23.3 Å². The molecule has 0 saturated heterocycles. The fraction of sp³-hybridized carbons (Fsp3) is 0.235. The van der Waals surface area contributed by atoms with Crippen molar-refractivity contribution in [3.63, 3.8) is 0 Å². The summed E-state index contributed by atoms with van der Waals surface area (Å²) in [5.41, 5.74) is 5.43. The fourth-order valence-electron chi connectivity index (χ4n) is 2.28. The number of halogens is 2. The van der Waals surface area contributed by atoms with Crippen LogP contribution in [-0.2, 0) is 13.0 Å². The molecule has 0 saturated carbocycles. The summed E-state index contributed by atoms with van der Waals surface area (Å²) in [5.74, 6) is -2.74. The van der Waals surface area contributed by atoms with Crippen LogP contribution >= 0.6 is 22.7 Å². The van der Waals surface area contributed by atoms with Crippen molar-refractivity contribution in [3.05, 3.63) is 50.9 Å². The van der Waals surface area contributed by atoms with Crippen molar-refractivity contribution in [1.29, 1.82) is 5.41 Å². The molecule has 1 aromatic carbocycles. The van der Waals surface area contributed by atoms with Gasteiger partial charge >= 0.3 is 0 Å². The van der Waals surface area contributed by atoms with Crippen molar-refractivity contribution in [2.75, 3.05) is 0 Å². The van der Waals surface area contributed by atoms with Gasteiger partial charge in [-0.25, -0.2) is 18.7 Å². The Bertz CT molecular complexity index is 939. The van der Waals surface area contributed by atoms with E-state index >= 15 is 0 Å². The molecule has 0 aliphatic carbocycles. The minimum atomic E-state index is -0.985. The SMILES string of the molecule is CCCc1ncc(-c2csc(COc3ccc(F)c(C(=N)N)c3F)n2)s1. The Labute approximate surface area is 157 Å². The maximum atomic E-state index is 14.2. The molecule has 3 rings (SSSR count). The van der Waals surface area contributed by atoms with Crippen molar-refractivity contribution in [2.45, 2.75) is 26.4 Å². The van der Waals surface area contributed by atoms with E-state index in [1.807, 2.05) is 5.38 Å². The van der Waals surface area contributed by atoms with Gasteiger partial charge in [-0.05, 0) is 25.0 Å². The molecule has 0 amide bonds. The summed E-state index contributed by atoms with van der Waals surface area (Å²) in [6.07, 6.45) is 3.77. The third-order valence-corrected chi connectivity index (χ3v) is 5.40. The van der Waals surface area contributed by atoms with Gasteiger partial charge in [0.15, 0.2) is 11.6 Å². The predicted molar refractivity (Wildman–Crippen MR) is 98.9 cm³/mol. The summed E-state index contributed by atoms with van der Waals surface area (Å²) in [6.45, 7) is 2.14. The van der Waals surface area contributed by atoms with E-state index in [1.54, 1.807) is 17.5 Å². The summed E-state index contributed by atoms with van der Waals surface area (Å²) in [6, 6.07) is 2.20. The van der Waals surface area contributed by atoms with Crippen molar-refractivity contribution in [2.24, 2.45) is 5.73 Å². The number of amidine groups is 1. The van der Waals surface area contributed by atoms with Crippen LogP contribution in [0.2, 0.25) is 0 Å². The molecule has 136 valence electrons. The van der Waals surface area contributed by atoms with Crippen LogP contribution in [0.1, 0.15) is 28.9 Å². The first kappa shape index (κ1) is 18.4. The molecular weight excluding hydrogens is 378 g/mol. The van der Waals surface area contributed by atoms with Crippen LogP contribution in [0.3, 0.4) is 0 Å². The first-order valence-electron chi connectivity index (χ1n) is 7.84. The van der Waals surface area contributed by atoms with Crippen LogP contribution in [0.15, 0.2) is 23.7 Å². The molecule has 3 N–H and O–H groups in total. The third kappa shape index (κ3) is 3.88. The van der Waals surface area contributed by atoms with E-state index in [9.17, 15) is 8.78 Å². The lowest BCUT2D eigenvalue weighted by atomic mass is 10.1. The number of nitrogens with two attached hydrogens (primary N) is 1. The molecule has 26 heavy (non-hydrogen) atoms. The number of hydrogen-bond donors (Lipinski definition) is 2. The fourth-order valence-corrected chi connectivity index (χ4v) is 4.04. The molecule has 0 aliphatic heterocycles. The van der Waals surface area contributed by atoms with Gasteiger partial charge in [-0.3, -0.25) is 5.41 Å². The van der Waals surface area contributed by atoms with E-state index in [-0.39, 0.29) is 12.4 Å². The zero-order valence-electron chi connectivity index (χ0n) is 13.9. The zero-order chi connectivity index (χ0) is 18.7. The van der Waals surface area contributed by atoms with Gasteiger partial charge in [0.05, 0.1) is 21.1 Å². The van der Waals surface area contributed by atoms with Gasteiger partial charge in [-0.15, -0.1) is 22.7 Å². The second-order valence-corrected chi connectivity index (χ2v) is 7.49. The molecule has 9 heteroatoms. The van der Waals surface area contributed by atoms with Crippen molar-refractivity contribution >= 4 is 28.5 Å². The van der Waals surface area contributed by atoms with Gasteiger partial charge in [-0.2, -0.15) is 0 Å². The molecule has 5 nitrogen and oxygen atoms in total. The van der Waals surface area contributed by atoms with Crippen LogP contribution in [0.25, 0.3) is 10.6 Å².